The number of nitrogens with one attached hydrogen (secondary N) is 2. The first-order valence-corrected chi connectivity index (χ1v) is 11.9. The summed E-state index contributed by atoms with van der Waals surface area (Å²) in [6, 6.07) is 17.0. The molecule has 0 aromatic heterocycles. The Balaban J connectivity index is 0.000000991. The smallest absolute Gasteiger partial charge is 0.191 e. The van der Waals surface area contributed by atoms with Crippen molar-refractivity contribution >= 4 is 40.0 Å². The molecule has 0 amide bonds. The van der Waals surface area contributed by atoms with E-state index < -0.39 is 0 Å². The van der Waals surface area contributed by atoms with Gasteiger partial charge in [0.1, 0.15) is 11.6 Å². The van der Waals surface area contributed by atoms with Crippen LogP contribution in [-0.4, -0.2) is 16.4 Å². The van der Waals surface area contributed by atoms with Gasteiger partial charge < -0.3 is 10.4 Å². The molecule has 0 spiro atoms. The van der Waals surface area contributed by atoms with Crippen molar-refractivity contribution in [3.8, 4) is 5.75 Å². The minimum Gasteiger partial charge on any atom is -0.507 e. The number of thiocarbonyl (C=S) groups is 1. The van der Waals surface area contributed by atoms with Gasteiger partial charge in [0.2, 0.25) is 0 Å². The zero-order valence-corrected chi connectivity index (χ0v) is 21.6. The van der Waals surface area contributed by atoms with Crippen LogP contribution in [-0.2, 0) is 0 Å². The van der Waals surface area contributed by atoms with E-state index in [9.17, 15) is 9.50 Å². The molecule has 0 saturated carbocycles. The second kappa shape index (κ2) is 17.6. The average Bonchev–Trinajstić information content (AvgIpc) is 2.85. The second-order valence-electron chi connectivity index (χ2n) is 6.85. The summed E-state index contributed by atoms with van der Waals surface area (Å²) in [5, 5.41) is 19.1. The highest BCUT2D eigenvalue weighted by Crippen LogP contribution is 2.25. The summed E-state index contributed by atoms with van der Waals surface area (Å²) in [4.78, 5) is 0. The van der Waals surface area contributed by atoms with E-state index in [1.54, 1.807) is 18.2 Å². The van der Waals surface area contributed by atoms with E-state index in [2.05, 4.69) is 36.6 Å². The van der Waals surface area contributed by atoms with Crippen LogP contribution in [0.25, 0.3) is 10.8 Å². The van der Waals surface area contributed by atoms with Crippen molar-refractivity contribution in [3.63, 3.8) is 0 Å². The number of anilines is 1. The Morgan fingerprint density at radius 3 is 2.15 bits per heavy atom. The van der Waals surface area contributed by atoms with E-state index in [1.807, 2.05) is 58.0 Å². The Labute approximate surface area is 203 Å². The third kappa shape index (κ3) is 11.4. The number of rotatable bonds is 4. The van der Waals surface area contributed by atoms with Gasteiger partial charge in [-0.2, -0.15) is 5.10 Å². The fraction of sp³-hybridized carbons (Fsp3) is 0.333. The number of aromatic hydroxyl groups is 1. The molecule has 33 heavy (non-hydrogen) atoms. The van der Waals surface area contributed by atoms with E-state index in [0.29, 0.717) is 11.3 Å². The van der Waals surface area contributed by atoms with Gasteiger partial charge >= 0.3 is 0 Å². The molecule has 0 atom stereocenters. The van der Waals surface area contributed by atoms with Crippen LogP contribution in [0.1, 0.15) is 60.5 Å². The van der Waals surface area contributed by atoms with Crippen LogP contribution < -0.4 is 10.7 Å². The van der Waals surface area contributed by atoms with Gasteiger partial charge in [0.05, 0.1) is 6.21 Å². The third-order valence-corrected chi connectivity index (χ3v) is 4.42. The van der Waals surface area contributed by atoms with Crippen LogP contribution in [0, 0.1) is 11.7 Å². The van der Waals surface area contributed by atoms with E-state index in [-0.39, 0.29) is 16.7 Å². The molecular formula is C27H38FN3OS. The van der Waals surface area contributed by atoms with Crippen LogP contribution in [0.4, 0.5) is 10.1 Å². The molecule has 0 aliphatic heterocycles. The van der Waals surface area contributed by atoms with Gasteiger partial charge in [-0.05, 0) is 59.2 Å². The van der Waals surface area contributed by atoms with Crippen LogP contribution >= 0.6 is 12.2 Å². The number of nitrogens with zero attached hydrogens (tertiary/aromatic N) is 1. The molecular weight excluding hydrogens is 433 g/mol. The van der Waals surface area contributed by atoms with E-state index in [1.165, 1.54) is 24.8 Å². The molecule has 0 radical (unpaired) electrons. The highest BCUT2D eigenvalue weighted by Gasteiger charge is 2.04. The fourth-order valence-corrected chi connectivity index (χ4v) is 2.44. The molecule has 0 unspecified atom stereocenters. The molecule has 6 heteroatoms. The van der Waals surface area contributed by atoms with Crippen molar-refractivity contribution < 1.29 is 9.50 Å². The van der Waals surface area contributed by atoms with Crippen LogP contribution in [0.3, 0.4) is 0 Å². The Bertz CT molecular complexity index is 973. The molecule has 0 heterocycles. The predicted molar refractivity (Wildman–Crippen MR) is 147 cm³/mol. The summed E-state index contributed by atoms with van der Waals surface area (Å²) >= 11 is 5.12. The van der Waals surface area contributed by atoms with E-state index in [4.69, 9.17) is 12.2 Å². The molecule has 3 rings (SSSR count). The molecule has 0 aliphatic rings. The quantitative estimate of drug-likeness (QED) is 0.204. The summed E-state index contributed by atoms with van der Waals surface area (Å²) in [5.74, 6) is 0.704. The number of hydrogen-bond donors (Lipinski definition) is 3. The Kier molecular flexibility index (Phi) is 16.0. The topological polar surface area (TPSA) is 56.7 Å². The lowest BCUT2D eigenvalue weighted by Crippen LogP contribution is -2.23. The number of benzene rings is 3. The summed E-state index contributed by atoms with van der Waals surface area (Å²) in [6.45, 7) is 14.6. The van der Waals surface area contributed by atoms with E-state index >= 15 is 0 Å². The Hall–Kier alpha value is -2.99. The molecule has 4 nitrogen and oxygen atoms in total. The van der Waals surface area contributed by atoms with Gasteiger partial charge in [-0.3, -0.25) is 5.43 Å². The number of phenols is 1. The van der Waals surface area contributed by atoms with Gasteiger partial charge in [0.25, 0.3) is 0 Å². The van der Waals surface area contributed by atoms with Gasteiger partial charge in [-0.1, -0.05) is 85.2 Å². The molecule has 3 aromatic rings. The monoisotopic (exact) mass is 471 g/mol. The molecule has 0 fully saturated rings. The molecule has 3 aromatic carbocycles. The Morgan fingerprint density at radius 2 is 1.58 bits per heavy atom. The second-order valence-corrected chi connectivity index (χ2v) is 7.26. The predicted octanol–water partition coefficient (Wildman–Crippen LogP) is 8.11. The number of halogens is 1. The van der Waals surface area contributed by atoms with Crippen molar-refractivity contribution in [2.24, 2.45) is 11.0 Å². The van der Waals surface area contributed by atoms with Gasteiger partial charge in [0, 0.05) is 11.3 Å². The summed E-state index contributed by atoms with van der Waals surface area (Å²) in [5.41, 5.74) is 3.92. The van der Waals surface area contributed by atoms with Crippen molar-refractivity contribution in [2.75, 3.05) is 5.32 Å². The number of hydrogen-bond acceptors (Lipinski definition) is 3. The molecule has 0 saturated heterocycles. The number of hydrazone groups is 1. The highest BCUT2D eigenvalue weighted by atomic mass is 32.1. The third-order valence-electron chi connectivity index (χ3n) is 4.23. The van der Waals surface area contributed by atoms with E-state index in [0.717, 1.165) is 16.7 Å². The lowest BCUT2D eigenvalue weighted by atomic mass is 10.0. The zero-order valence-electron chi connectivity index (χ0n) is 20.8. The summed E-state index contributed by atoms with van der Waals surface area (Å²) < 4.78 is 12.9. The van der Waals surface area contributed by atoms with Gasteiger partial charge in [0.15, 0.2) is 5.11 Å². The number of fused-ring (bicyclic) bond motifs is 1. The highest BCUT2D eigenvalue weighted by molar-refractivity contribution is 7.80. The standard InChI is InChI=1S/C18H14FN3OS.C5H12.2C2H6/c19-13-6-8-14(9-7-13)21-18(24)22-20-11-16-15-4-2-1-3-12(15)5-10-17(16)23;1-4-5(2)3;2*1-2/h1-11,23H,(H2,21,22,24);5H,4H2,1-3H3;2*1-2H3/b20-11+;;;. The minimum atomic E-state index is -0.316. The van der Waals surface area contributed by atoms with Crippen LogP contribution in [0.2, 0.25) is 0 Å². The molecule has 0 aliphatic carbocycles. The largest absolute Gasteiger partial charge is 0.507 e. The minimum absolute atomic E-state index is 0.136. The van der Waals surface area contributed by atoms with Crippen molar-refractivity contribution in [1.82, 2.24) is 5.43 Å². The van der Waals surface area contributed by atoms with Gasteiger partial charge in [-0.15, -0.1) is 0 Å². The maximum Gasteiger partial charge on any atom is 0.191 e. The first-order chi connectivity index (χ1) is 15.9. The molecule has 0 bridgehead atoms. The summed E-state index contributed by atoms with van der Waals surface area (Å²) in [7, 11) is 0. The maximum atomic E-state index is 12.9. The van der Waals surface area contributed by atoms with Crippen LogP contribution in [0.5, 0.6) is 5.75 Å². The van der Waals surface area contributed by atoms with Crippen molar-refractivity contribution in [2.45, 2.75) is 54.9 Å². The zero-order chi connectivity index (χ0) is 25.2. The lowest BCUT2D eigenvalue weighted by Gasteiger charge is -2.07. The normalized spacial score (nSPS) is 9.73. The first kappa shape index (κ1) is 30.0. The van der Waals surface area contributed by atoms with Crippen molar-refractivity contribution in [1.29, 1.82) is 0 Å². The Morgan fingerprint density at radius 1 is 1.00 bits per heavy atom. The number of phenolic OH excluding ortho intramolecular Hbond substituents is 1. The SMILES string of the molecule is CC.CC.CCC(C)C.Oc1ccc2ccccc2c1/C=N/NC(=S)Nc1ccc(F)cc1. The molecule has 180 valence electrons. The summed E-state index contributed by atoms with van der Waals surface area (Å²) in [6.07, 6.45) is 2.82. The molecule has 3 N–H and O–H groups in total. The first-order valence-electron chi connectivity index (χ1n) is 11.5. The average molecular weight is 472 g/mol. The van der Waals surface area contributed by atoms with Crippen molar-refractivity contribution in [3.05, 3.63) is 72.0 Å². The van der Waals surface area contributed by atoms with Crippen LogP contribution in [0.15, 0.2) is 65.8 Å². The lowest BCUT2D eigenvalue weighted by molar-refractivity contribution is 0.475. The maximum absolute atomic E-state index is 12.9. The fourth-order valence-electron chi connectivity index (χ4n) is 2.27. The van der Waals surface area contributed by atoms with Gasteiger partial charge in [-0.25, -0.2) is 4.39 Å².